The Bertz CT molecular complexity index is 1070. The average Bonchev–Trinajstić information content (AvgIpc) is 3.73. The molecule has 0 unspecified atom stereocenters. The summed E-state index contributed by atoms with van der Waals surface area (Å²) >= 11 is 0. The van der Waals surface area contributed by atoms with Gasteiger partial charge in [-0.25, -0.2) is 8.42 Å². The van der Waals surface area contributed by atoms with Gasteiger partial charge < -0.3 is 9.32 Å². The fourth-order valence-electron chi connectivity index (χ4n) is 4.72. The molecule has 2 atom stereocenters. The molecule has 1 amide bonds. The van der Waals surface area contributed by atoms with Crippen LogP contribution in [0.15, 0.2) is 46.9 Å². The van der Waals surface area contributed by atoms with Crippen molar-refractivity contribution < 1.29 is 17.6 Å². The van der Waals surface area contributed by atoms with Gasteiger partial charge in [-0.1, -0.05) is 37.3 Å². The zero-order valence-electron chi connectivity index (χ0n) is 19.2. The van der Waals surface area contributed by atoms with Crippen LogP contribution in [0.4, 0.5) is 0 Å². The molecular formula is C25H33N3O4S. The Labute approximate surface area is 196 Å². The number of carbonyl (C=O) groups is 1. The monoisotopic (exact) mass is 471 g/mol. The summed E-state index contributed by atoms with van der Waals surface area (Å²) in [5.41, 5.74) is 0.785. The lowest BCUT2D eigenvalue weighted by Gasteiger charge is -2.35. The number of nitrogens with zero attached hydrogens (tertiary/aromatic N) is 3. The number of rotatable bonds is 9. The first kappa shape index (κ1) is 22.6. The standard InChI is InChI=1S/C25H33N3O4S/c1-19-15-23(19)24-10-9-22(32-24)16-27(21-7-8-21)17-25(29)26-11-13-28(14-12-26)33(30,31)18-20-5-3-2-4-6-20/h2-6,9-10,19,21,23H,7-8,11-18H2,1H3/t19-,23-/m0/s1. The highest BCUT2D eigenvalue weighted by atomic mass is 32.2. The van der Waals surface area contributed by atoms with Crippen molar-refractivity contribution >= 4 is 15.9 Å². The second-order valence-corrected chi connectivity index (χ2v) is 11.8. The summed E-state index contributed by atoms with van der Waals surface area (Å²) in [5.74, 6) is 3.35. The maximum atomic E-state index is 13.0. The molecule has 0 spiro atoms. The maximum Gasteiger partial charge on any atom is 0.236 e. The Morgan fingerprint density at radius 1 is 1.06 bits per heavy atom. The minimum atomic E-state index is -3.38. The first-order valence-corrected chi connectivity index (χ1v) is 13.6. The molecule has 2 saturated carbocycles. The smallest absolute Gasteiger partial charge is 0.236 e. The van der Waals surface area contributed by atoms with Crippen LogP contribution in [0.5, 0.6) is 0 Å². The molecule has 2 aliphatic carbocycles. The van der Waals surface area contributed by atoms with Crippen molar-refractivity contribution in [1.29, 1.82) is 0 Å². The first-order chi connectivity index (χ1) is 15.9. The molecule has 2 aromatic rings. The molecule has 178 valence electrons. The number of benzene rings is 1. The molecule has 8 heteroatoms. The van der Waals surface area contributed by atoms with Crippen LogP contribution in [0.25, 0.3) is 0 Å². The van der Waals surface area contributed by atoms with Crippen LogP contribution in [0.1, 0.15) is 49.2 Å². The summed E-state index contributed by atoms with van der Waals surface area (Å²) in [4.78, 5) is 17.1. The zero-order chi connectivity index (χ0) is 23.0. The van der Waals surface area contributed by atoms with Gasteiger partial charge in [0, 0.05) is 38.1 Å². The van der Waals surface area contributed by atoms with E-state index in [0.717, 1.165) is 29.9 Å². The maximum absolute atomic E-state index is 13.0. The Morgan fingerprint density at radius 2 is 1.76 bits per heavy atom. The Kier molecular flexibility index (Phi) is 6.33. The molecule has 0 radical (unpaired) electrons. The fourth-order valence-corrected chi connectivity index (χ4v) is 6.23. The molecule has 0 bridgehead atoms. The average molecular weight is 472 g/mol. The largest absolute Gasteiger partial charge is 0.464 e. The van der Waals surface area contributed by atoms with Crippen molar-refractivity contribution in [2.45, 2.75) is 50.4 Å². The van der Waals surface area contributed by atoms with Crippen LogP contribution in [0.2, 0.25) is 0 Å². The van der Waals surface area contributed by atoms with E-state index in [0.29, 0.717) is 57.1 Å². The van der Waals surface area contributed by atoms with E-state index in [4.69, 9.17) is 4.42 Å². The topological polar surface area (TPSA) is 74.1 Å². The van der Waals surface area contributed by atoms with E-state index in [-0.39, 0.29) is 11.7 Å². The van der Waals surface area contributed by atoms with Gasteiger partial charge in [-0.3, -0.25) is 9.69 Å². The van der Waals surface area contributed by atoms with E-state index in [2.05, 4.69) is 24.0 Å². The van der Waals surface area contributed by atoms with E-state index in [9.17, 15) is 13.2 Å². The van der Waals surface area contributed by atoms with Crippen LogP contribution < -0.4 is 0 Å². The highest BCUT2D eigenvalue weighted by molar-refractivity contribution is 7.88. The van der Waals surface area contributed by atoms with Gasteiger partial charge in [0.2, 0.25) is 15.9 Å². The van der Waals surface area contributed by atoms with E-state index >= 15 is 0 Å². The molecule has 5 rings (SSSR count). The van der Waals surface area contributed by atoms with Crippen LogP contribution in [0.3, 0.4) is 0 Å². The number of carbonyl (C=O) groups excluding carboxylic acids is 1. The van der Waals surface area contributed by atoms with Crippen LogP contribution in [-0.4, -0.2) is 67.2 Å². The van der Waals surface area contributed by atoms with Crippen LogP contribution in [0, 0.1) is 5.92 Å². The number of furan rings is 1. The summed E-state index contributed by atoms with van der Waals surface area (Å²) in [5, 5.41) is 0. The predicted molar refractivity (Wildman–Crippen MR) is 126 cm³/mol. The molecule has 7 nitrogen and oxygen atoms in total. The number of piperazine rings is 1. The SMILES string of the molecule is C[C@H]1C[C@@H]1c1ccc(CN(CC(=O)N2CCN(S(=O)(=O)Cc3ccccc3)CC2)C2CC2)o1. The lowest BCUT2D eigenvalue weighted by Crippen LogP contribution is -2.52. The molecule has 3 fully saturated rings. The molecule has 0 N–H and O–H groups in total. The van der Waals surface area contributed by atoms with E-state index < -0.39 is 10.0 Å². The van der Waals surface area contributed by atoms with Crippen LogP contribution >= 0.6 is 0 Å². The van der Waals surface area contributed by atoms with Gasteiger partial charge in [-0.05, 0) is 42.9 Å². The van der Waals surface area contributed by atoms with Crippen molar-refractivity contribution in [2.75, 3.05) is 32.7 Å². The highest BCUT2D eigenvalue weighted by Gasteiger charge is 2.37. The summed E-state index contributed by atoms with van der Waals surface area (Å²) < 4.78 is 33.2. The minimum Gasteiger partial charge on any atom is -0.464 e. The van der Waals surface area contributed by atoms with Crippen LogP contribution in [-0.2, 0) is 27.1 Å². The van der Waals surface area contributed by atoms with Crippen molar-refractivity contribution in [1.82, 2.24) is 14.1 Å². The van der Waals surface area contributed by atoms with Gasteiger partial charge in [0.1, 0.15) is 11.5 Å². The molecule has 2 heterocycles. The number of amides is 1. The Hall–Kier alpha value is -2.16. The van der Waals surface area contributed by atoms with Gasteiger partial charge in [-0.2, -0.15) is 4.31 Å². The first-order valence-electron chi connectivity index (χ1n) is 12.0. The van der Waals surface area contributed by atoms with Crippen molar-refractivity contribution in [3.05, 3.63) is 59.5 Å². The van der Waals surface area contributed by atoms with Gasteiger partial charge in [0.05, 0.1) is 18.8 Å². The third kappa shape index (κ3) is 5.50. The van der Waals surface area contributed by atoms with Crippen molar-refractivity contribution in [3.8, 4) is 0 Å². The molecule has 3 aliphatic rings. The molecule has 33 heavy (non-hydrogen) atoms. The van der Waals surface area contributed by atoms with E-state index in [1.165, 1.54) is 10.7 Å². The summed E-state index contributed by atoms with van der Waals surface area (Å²) in [6.45, 7) is 4.84. The normalized spacial score (nSPS) is 23.8. The third-order valence-electron chi connectivity index (χ3n) is 7.09. The molecule has 1 saturated heterocycles. The van der Waals surface area contributed by atoms with Crippen molar-refractivity contribution in [2.24, 2.45) is 5.92 Å². The lowest BCUT2D eigenvalue weighted by atomic mass is 10.2. The third-order valence-corrected chi connectivity index (χ3v) is 8.94. The predicted octanol–water partition coefficient (Wildman–Crippen LogP) is 3.04. The minimum absolute atomic E-state index is 0.00200. The van der Waals surface area contributed by atoms with Gasteiger partial charge in [0.15, 0.2) is 0 Å². The number of hydrogen-bond acceptors (Lipinski definition) is 5. The van der Waals surface area contributed by atoms with E-state index in [1.807, 2.05) is 35.2 Å². The van der Waals surface area contributed by atoms with E-state index in [1.54, 1.807) is 0 Å². The Morgan fingerprint density at radius 3 is 2.39 bits per heavy atom. The second kappa shape index (κ2) is 9.24. The molecule has 1 aliphatic heterocycles. The second-order valence-electron chi connectivity index (χ2n) is 9.78. The summed E-state index contributed by atoms with van der Waals surface area (Å²) in [6, 6.07) is 13.8. The fraction of sp³-hybridized carbons (Fsp3) is 0.560. The quantitative estimate of drug-likeness (QED) is 0.562. The van der Waals surface area contributed by atoms with Gasteiger partial charge >= 0.3 is 0 Å². The highest BCUT2D eigenvalue weighted by Crippen LogP contribution is 2.47. The molecule has 1 aromatic carbocycles. The van der Waals surface area contributed by atoms with Gasteiger partial charge in [0.25, 0.3) is 0 Å². The lowest BCUT2D eigenvalue weighted by molar-refractivity contribution is -0.134. The summed E-state index contributed by atoms with van der Waals surface area (Å²) in [6.07, 6.45) is 3.43. The molecular weight excluding hydrogens is 438 g/mol. The Balaban J connectivity index is 1.13. The number of sulfonamides is 1. The zero-order valence-corrected chi connectivity index (χ0v) is 20.0. The van der Waals surface area contributed by atoms with Crippen molar-refractivity contribution in [3.63, 3.8) is 0 Å². The van der Waals surface area contributed by atoms with Gasteiger partial charge in [-0.15, -0.1) is 0 Å². The molecule has 1 aromatic heterocycles. The number of hydrogen-bond donors (Lipinski definition) is 0. The summed E-state index contributed by atoms with van der Waals surface area (Å²) in [7, 11) is -3.38.